The lowest BCUT2D eigenvalue weighted by molar-refractivity contribution is -0.383. The van der Waals surface area contributed by atoms with E-state index >= 15 is 0 Å². The second-order valence-corrected chi connectivity index (χ2v) is 4.06. The Hall–Kier alpha value is -2.10. The van der Waals surface area contributed by atoms with Crippen LogP contribution in [0.3, 0.4) is 0 Å². The summed E-state index contributed by atoms with van der Waals surface area (Å²) in [7, 11) is 1.32. The van der Waals surface area contributed by atoms with E-state index in [0.29, 0.717) is 0 Å². The van der Waals surface area contributed by atoms with Crippen LogP contribution in [0.15, 0.2) is 5.16 Å². The van der Waals surface area contributed by atoms with Gasteiger partial charge in [0, 0.05) is 7.05 Å². The zero-order chi connectivity index (χ0) is 16.6. The normalized spacial score (nSPS) is 9.38. The minimum Gasteiger partial charge on any atom is -0.449 e. The average Bonchev–Trinajstić information content (AvgIpc) is 2.47. The molecule has 21 heavy (non-hydrogen) atoms. The molecule has 0 aliphatic rings. The topological polar surface area (TPSA) is 124 Å². The van der Waals surface area contributed by atoms with Gasteiger partial charge in [-0.2, -0.15) is 9.97 Å². The minimum atomic E-state index is -0.754. The maximum atomic E-state index is 11.6. The van der Waals surface area contributed by atoms with E-state index < -0.39 is 16.7 Å². The minimum absolute atomic E-state index is 0.146. The van der Waals surface area contributed by atoms with Crippen molar-refractivity contribution in [3.63, 3.8) is 0 Å². The number of carbonyl (C=O) groups is 1. The summed E-state index contributed by atoms with van der Waals surface area (Å²) in [6, 6.07) is 0. The van der Waals surface area contributed by atoms with Gasteiger partial charge >= 0.3 is 11.8 Å². The van der Waals surface area contributed by atoms with Gasteiger partial charge in [-0.15, -0.1) is 0 Å². The molecule has 0 bridgehead atoms. The molecule has 0 aliphatic heterocycles. The predicted octanol–water partition coefficient (Wildman–Crippen LogP) is 2.31. The molecule has 10 heteroatoms. The Morgan fingerprint density at radius 1 is 1.48 bits per heavy atom. The second-order valence-electron chi connectivity index (χ2n) is 3.28. The Kier molecular flexibility index (Phi) is 8.06. The number of ether oxygens (including phenoxy) is 1. The molecule has 1 amide bonds. The number of thioether (sulfide) groups is 1. The van der Waals surface area contributed by atoms with Gasteiger partial charge in [0.05, 0.1) is 11.5 Å². The van der Waals surface area contributed by atoms with Crippen molar-refractivity contribution in [3.8, 4) is 0 Å². The zero-order valence-electron chi connectivity index (χ0n) is 12.6. The summed E-state index contributed by atoms with van der Waals surface area (Å²) in [4.78, 5) is 30.5. The maximum absolute atomic E-state index is 11.6. The predicted molar refractivity (Wildman–Crippen MR) is 81.7 cm³/mol. The first-order valence-corrected chi connectivity index (χ1v) is 7.41. The molecule has 0 radical (unpaired) electrons. The van der Waals surface area contributed by atoms with E-state index in [1.807, 2.05) is 13.8 Å². The fourth-order valence-electron chi connectivity index (χ4n) is 1.25. The number of nitrogens with zero attached hydrogens (tertiary/aromatic N) is 4. The number of carbonyl (C=O) groups excluding carboxylic acids is 1. The van der Waals surface area contributed by atoms with Gasteiger partial charge in [-0.1, -0.05) is 25.6 Å². The largest absolute Gasteiger partial charge is 0.449 e. The first kappa shape index (κ1) is 18.9. The number of rotatable bonds is 4. The highest BCUT2D eigenvalue weighted by Crippen LogP contribution is 2.32. The zero-order valence-corrected chi connectivity index (χ0v) is 13.4. The average molecular weight is 317 g/mol. The summed E-state index contributed by atoms with van der Waals surface area (Å²) in [6.45, 7) is 5.77. The number of aromatic nitrogens is 2. The van der Waals surface area contributed by atoms with E-state index in [1.54, 1.807) is 13.2 Å². The summed E-state index contributed by atoms with van der Waals surface area (Å²) in [5.74, 6) is -0.490. The Morgan fingerprint density at radius 2 is 2.05 bits per heavy atom. The number of amides is 1. The van der Waals surface area contributed by atoms with E-state index in [-0.39, 0.29) is 23.4 Å². The summed E-state index contributed by atoms with van der Waals surface area (Å²) < 4.78 is 4.76. The summed E-state index contributed by atoms with van der Waals surface area (Å²) in [6.07, 6.45) is 0.935. The quantitative estimate of drug-likeness (QED) is 0.388. The van der Waals surface area contributed by atoms with Gasteiger partial charge < -0.3 is 10.5 Å². The Labute approximate surface area is 127 Å². The summed E-state index contributed by atoms with van der Waals surface area (Å²) in [5, 5.41) is 11.2. The molecule has 118 valence electrons. The highest BCUT2D eigenvalue weighted by atomic mass is 32.2. The van der Waals surface area contributed by atoms with Crippen LogP contribution >= 0.6 is 11.8 Å². The van der Waals surface area contributed by atoms with Gasteiger partial charge in [-0.25, -0.2) is 4.79 Å². The van der Waals surface area contributed by atoms with Gasteiger partial charge in [0.1, 0.15) is 0 Å². The van der Waals surface area contributed by atoms with E-state index in [0.717, 1.165) is 16.7 Å². The SMILES string of the molecule is CC.CCOC(=O)N(C)c1nc(SC)nc(N)c1[N+](=O)[O-]. The van der Waals surface area contributed by atoms with Crippen molar-refractivity contribution >= 4 is 35.2 Å². The molecular formula is C11H19N5O4S. The molecule has 0 spiro atoms. The highest BCUT2D eigenvalue weighted by Gasteiger charge is 2.29. The number of hydrogen-bond donors (Lipinski definition) is 1. The van der Waals surface area contributed by atoms with Crippen LogP contribution in [0.5, 0.6) is 0 Å². The van der Waals surface area contributed by atoms with E-state index in [9.17, 15) is 14.9 Å². The smallest absolute Gasteiger partial charge is 0.415 e. The standard InChI is InChI=1S/C9H13N5O4S.C2H6/c1-4-18-9(15)13(2)7-5(14(16)17)6(10)11-8(12-7)19-3;1-2/h4H2,1-3H3,(H2,10,11,12);1-2H3. The number of hydrogen-bond acceptors (Lipinski definition) is 8. The van der Waals surface area contributed by atoms with Crippen LogP contribution in [-0.4, -0.2) is 40.9 Å². The monoisotopic (exact) mass is 317 g/mol. The van der Waals surface area contributed by atoms with Crippen LogP contribution in [0.1, 0.15) is 20.8 Å². The molecule has 2 N–H and O–H groups in total. The third-order valence-corrected chi connectivity index (χ3v) is 2.64. The van der Waals surface area contributed by atoms with Crippen molar-refractivity contribution in [1.82, 2.24) is 9.97 Å². The maximum Gasteiger partial charge on any atom is 0.415 e. The van der Waals surface area contributed by atoms with Crippen LogP contribution in [-0.2, 0) is 4.74 Å². The first-order valence-electron chi connectivity index (χ1n) is 6.18. The van der Waals surface area contributed by atoms with Gasteiger partial charge in [-0.05, 0) is 13.2 Å². The molecule has 0 fully saturated rings. The molecule has 0 aromatic carbocycles. The Bertz CT molecular complexity index is 512. The number of nitrogen functional groups attached to an aromatic ring is 1. The fourth-order valence-corrected chi connectivity index (χ4v) is 1.61. The van der Waals surface area contributed by atoms with E-state index in [1.165, 1.54) is 7.05 Å². The molecule has 0 saturated carbocycles. The number of anilines is 2. The van der Waals surface area contributed by atoms with E-state index in [4.69, 9.17) is 10.5 Å². The van der Waals surface area contributed by atoms with Gasteiger partial charge in [0.2, 0.25) is 11.6 Å². The molecule has 1 heterocycles. The van der Waals surface area contributed by atoms with Crippen LogP contribution in [0.4, 0.5) is 22.1 Å². The van der Waals surface area contributed by atoms with Gasteiger partial charge in [0.15, 0.2) is 5.16 Å². The lowest BCUT2D eigenvalue weighted by Gasteiger charge is -2.16. The molecular weight excluding hydrogens is 298 g/mol. The fraction of sp³-hybridized carbons (Fsp3) is 0.545. The number of nitro groups is 1. The second kappa shape index (κ2) is 8.95. The third kappa shape index (κ3) is 4.74. The molecule has 0 atom stereocenters. The highest BCUT2D eigenvalue weighted by molar-refractivity contribution is 7.98. The molecule has 0 unspecified atom stereocenters. The molecule has 1 rings (SSSR count). The number of nitrogens with two attached hydrogens (primary N) is 1. The van der Waals surface area contributed by atoms with Gasteiger partial charge in [0.25, 0.3) is 0 Å². The Balaban J connectivity index is 0.00000191. The molecule has 0 saturated heterocycles. The molecule has 1 aromatic heterocycles. The van der Waals surface area contributed by atoms with Crippen LogP contribution < -0.4 is 10.6 Å². The van der Waals surface area contributed by atoms with Crippen LogP contribution in [0.25, 0.3) is 0 Å². The molecule has 1 aromatic rings. The van der Waals surface area contributed by atoms with Crippen molar-refractivity contribution in [1.29, 1.82) is 0 Å². The lowest BCUT2D eigenvalue weighted by Crippen LogP contribution is -2.29. The van der Waals surface area contributed by atoms with Crippen molar-refractivity contribution in [3.05, 3.63) is 10.1 Å². The lowest BCUT2D eigenvalue weighted by atomic mass is 10.4. The summed E-state index contributed by atoms with van der Waals surface area (Å²) in [5.41, 5.74) is 5.01. The van der Waals surface area contributed by atoms with Crippen molar-refractivity contribution in [2.75, 3.05) is 30.5 Å². The van der Waals surface area contributed by atoms with Crippen LogP contribution in [0, 0.1) is 10.1 Å². The summed E-state index contributed by atoms with van der Waals surface area (Å²) >= 11 is 1.16. The van der Waals surface area contributed by atoms with Crippen molar-refractivity contribution < 1.29 is 14.5 Å². The molecule has 0 aliphatic carbocycles. The van der Waals surface area contributed by atoms with E-state index in [2.05, 4.69) is 9.97 Å². The third-order valence-electron chi connectivity index (χ3n) is 2.10. The molecule has 9 nitrogen and oxygen atoms in total. The Morgan fingerprint density at radius 3 is 2.48 bits per heavy atom. The van der Waals surface area contributed by atoms with Crippen molar-refractivity contribution in [2.24, 2.45) is 0 Å². The van der Waals surface area contributed by atoms with Crippen LogP contribution in [0.2, 0.25) is 0 Å². The van der Waals surface area contributed by atoms with Gasteiger partial charge in [-0.3, -0.25) is 15.0 Å². The first-order chi connectivity index (χ1) is 9.92. The van der Waals surface area contributed by atoms with Crippen molar-refractivity contribution in [2.45, 2.75) is 25.9 Å².